The lowest BCUT2D eigenvalue weighted by Crippen LogP contribution is -2.41. The topological polar surface area (TPSA) is 66.5 Å². The summed E-state index contributed by atoms with van der Waals surface area (Å²) in [4.78, 5) is 12.6. The Morgan fingerprint density at radius 1 is 1.00 bits per heavy atom. The Morgan fingerprint density at radius 3 is 2.44 bits per heavy atom. The van der Waals surface area contributed by atoms with Crippen molar-refractivity contribution in [1.82, 2.24) is 5.32 Å². The molecule has 0 aliphatic rings. The van der Waals surface area contributed by atoms with E-state index in [1.807, 2.05) is 0 Å². The number of amides is 1. The van der Waals surface area contributed by atoms with Crippen LogP contribution < -0.4 is 9.62 Å². The van der Waals surface area contributed by atoms with Crippen LogP contribution in [0.1, 0.15) is 5.56 Å². The molecule has 0 saturated carbocycles. The number of carbonyl (C=O) groups is 1. The minimum absolute atomic E-state index is 0.0771. The van der Waals surface area contributed by atoms with Gasteiger partial charge in [-0.05, 0) is 42.0 Å². The fraction of sp³-hybridized carbons (Fsp3) is 0.174. The summed E-state index contributed by atoms with van der Waals surface area (Å²) < 4.78 is 41.1. The van der Waals surface area contributed by atoms with E-state index in [9.17, 15) is 17.6 Å². The average Bonchev–Trinajstić information content (AvgIpc) is 2.79. The van der Waals surface area contributed by atoms with Gasteiger partial charge in [-0.25, -0.2) is 12.8 Å². The van der Waals surface area contributed by atoms with Gasteiger partial charge in [0.1, 0.15) is 12.4 Å². The van der Waals surface area contributed by atoms with E-state index < -0.39 is 22.5 Å². The maximum atomic E-state index is 13.7. The number of nitrogens with zero attached hydrogens (tertiary/aromatic N) is 1. The Bertz CT molecular complexity index is 1160. The molecule has 32 heavy (non-hydrogen) atoms. The van der Waals surface area contributed by atoms with Crippen molar-refractivity contribution >= 4 is 45.0 Å². The molecule has 0 saturated heterocycles. The molecule has 168 valence electrons. The highest BCUT2D eigenvalue weighted by Crippen LogP contribution is 2.26. The van der Waals surface area contributed by atoms with Crippen LogP contribution in [0.4, 0.5) is 10.1 Å². The lowest BCUT2D eigenvalue weighted by molar-refractivity contribution is -0.119. The maximum Gasteiger partial charge on any atom is 0.264 e. The highest BCUT2D eigenvalue weighted by Gasteiger charge is 2.27. The molecule has 0 aliphatic heterocycles. The number of halogens is 2. The Morgan fingerprint density at radius 2 is 1.72 bits per heavy atom. The molecular formula is C23H22ClFN2O3S2. The van der Waals surface area contributed by atoms with Crippen LogP contribution in [0.2, 0.25) is 5.02 Å². The van der Waals surface area contributed by atoms with Crippen molar-refractivity contribution in [2.75, 3.05) is 23.1 Å². The number of hydrogen-bond acceptors (Lipinski definition) is 4. The third kappa shape index (κ3) is 6.48. The molecule has 1 N–H and O–H groups in total. The third-order valence-corrected chi connectivity index (χ3v) is 7.53. The molecule has 0 aliphatic carbocycles. The smallest absolute Gasteiger partial charge is 0.264 e. The number of anilines is 1. The van der Waals surface area contributed by atoms with E-state index in [4.69, 9.17) is 11.6 Å². The van der Waals surface area contributed by atoms with Crippen LogP contribution in [-0.4, -0.2) is 33.2 Å². The van der Waals surface area contributed by atoms with Crippen molar-refractivity contribution in [1.29, 1.82) is 0 Å². The second-order valence-electron chi connectivity index (χ2n) is 6.80. The Balaban J connectivity index is 1.63. The highest BCUT2D eigenvalue weighted by molar-refractivity contribution is 7.98. The summed E-state index contributed by atoms with van der Waals surface area (Å²) in [5.41, 5.74) is 0.898. The van der Waals surface area contributed by atoms with Gasteiger partial charge in [-0.2, -0.15) is 11.8 Å². The van der Waals surface area contributed by atoms with Gasteiger partial charge in [-0.3, -0.25) is 9.10 Å². The molecule has 3 aromatic rings. The van der Waals surface area contributed by atoms with Crippen molar-refractivity contribution in [3.63, 3.8) is 0 Å². The zero-order valence-electron chi connectivity index (χ0n) is 17.1. The maximum absolute atomic E-state index is 13.7. The van der Waals surface area contributed by atoms with Gasteiger partial charge < -0.3 is 5.32 Å². The molecule has 3 aromatic carbocycles. The van der Waals surface area contributed by atoms with Gasteiger partial charge in [0.25, 0.3) is 10.0 Å². The molecule has 0 heterocycles. The van der Waals surface area contributed by atoms with E-state index >= 15 is 0 Å². The summed E-state index contributed by atoms with van der Waals surface area (Å²) in [5.74, 6) is 0.339. The zero-order valence-corrected chi connectivity index (χ0v) is 19.5. The standard InChI is InChI=1S/C23H22ClFN2O3S2/c24-19-8-6-9-20(15-19)27(32(29,30)21-10-2-1-3-11-21)16-23(28)26-13-14-31-17-18-7-4-5-12-22(18)25/h1-12,15H,13-14,16-17H2,(H,26,28). The molecule has 0 fully saturated rings. The number of rotatable bonds is 10. The van der Waals surface area contributed by atoms with Crippen molar-refractivity contribution in [2.24, 2.45) is 0 Å². The summed E-state index contributed by atoms with van der Waals surface area (Å²) in [6, 6.07) is 20.8. The van der Waals surface area contributed by atoms with Gasteiger partial charge in [0, 0.05) is 23.1 Å². The number of nitrogens with one attached hydrogen (secondary N) is 1. The molecule has 0 bridgehead atoms. The highest BCUT2D eigenvalue weighted by atomic mass is 35.5. The summed E-state index contributed by atoms with van der Waals surface area (Å²) >= 11 is 7.53. The van der Waals surface area contributed by atoms with Crippen molar-refractivity contribution in [3.8, 4) is 0 Å². The predicted octanol–water partition coefficient (Wildman–Crippen LogP) is 4.72. The minimum atomic E-state index is -3.98. The van der Waals surface area contributed by atoms with Gasteiger partial charge in [0.05, 0.1) is 10.6 Å². The summed E-state index contributed by atoms with van der Waals surface area (Å²) in [7, 11) is -3.98. The number of benzene rings is 3. The van der Waals surface area contributed by atoms with E-state index in [1.54, 1.807) is 54.6 Å². The average molecular weight is 493 g/mol. The van der Waals surface area contributed by atoms with Crippen LogP contribution in [0, 0.1) is 5.82 Å². The second kappa shape index (κ2) is 11.4. The van der Waals surface area contributed by atoms with E-state index in [0.717, 1.165) is 4.31 Å². The van der Waals surface area contributed by atoms with Gasteiger partial charge in [0.15, 0.2) is 0 Å². The van der Waals surface area contributed by atoms with E-state index in [1.165, 1.54) is 36.0 Å². The SMILES string of the molecule is O=C(CN(c1cccc(Cl)c1)S(=O)(=O)c1ccccc1)NCCSCc1ccccc1F. The van der Waals surface area contributed by atoms with Gasteiger partial charge >= 0.3 is 0 Å². The number of carbonyl (C=O) groups excluding carboxylic acids is 1. The van der Waals surface area contributed by atoms with Crippen molar-refractivity contribution in [3.05, 3.63) is 95.3 Å². The van der Waals surface area contributed by atoms with Crippen LogP contribution >= 0.6 is 23.4 Å². The molecular weight excluding hydrogens is 471 g/mol. The molecule has 0 spiro atoms. The van der Waals surface area contributed by atoms with Crippen LogP contribution in [-0.2, 0) is 20.6 Å². The van der Waals surface area contributed by atoms with E-state index in [2.05, 4.69) is 5.32 Å². The van der Waals surface area contributed by atoms with Crippen molar-refractivity contribution in [2.45, 2.75) is 10.6 Å². The first-order valence-corrected chi connectivity index (χ1v) is 12.8. The molecule has 3 rings (SSSR count). The first kappa shape index (κ1) is 24.1. The minimum Gasteiger partial charge on any atom is -0.354 e. The monoisotopic (exact) mass is 492 g/mol. The fourth-order valence-electron chi connectivity index (χ4n) is 2.91. The number of thioether (sulfide) groups is 1. The first-order valence-electron chi connectivity index (χ1n) is 9.79. The largest absolute Gasteiger partial charge is 0.354 e. The van der Waals surface area contributed by atoms with Gasteiger partial charge in [0.2, 0.25) is 5.91 Å². The molecule has 0 unspecified atom stereocenters. The van der Waals surface area contributed by atoms with Gasteiger partial charge in [-0.1, -0.05) is 54.1 Å². The molecule has 0 atom stereocenters. The first-order chi connectivity index (χ1) is 15.4. The molecule has 5 nitrogen and oxygen atoms in total. The summed E-state index contributed by atoms with van der Waals surface area (Å²) in [6.45, 7) is -0.0672. The fourth-order valence-corrected chi connectivity index (χ4v) is 5.38. The van der Waals surface area contributed by atoms with Gasteiger partial charge in [-0.15, -0.1) is 0 Å². The Hall–Kier alpha value is -2.55. The van der Waals surface area contributed by atoms with Crippen LogP contribution in [0.25, 0.3) is 0 Å². The zero-order chi connectivity index (χ0) is 23.0. The molecule has 9 heteroatoms. The quantitative estimate of drug-likeness (QED) is 0.416. The predicted molar refractivity (Wildman–Crippen MR) is 128 cm³/mol. The van der Waals surface area contributed by atoms with Crippen LogP contribution in [0.3, 0.4) is 0 Å². The second-order valence-corrected chi connectivity index (χ2v) is 10.2. The summed E-state index contributed by atoms with van der Waals surface area (Å²) in [6.07, 6.45) is 0. The Kier molecular flexibility index (Phi) is 8.55. The molecule has 1 amide bonds. The van der Waals surface area contributed by atoms with E-state index in [-0.39, 0.29) is 10.7 Å². The van der Waals surface area contributed by atoms with Crippen LogP contribution in [0.15, 0.2) is 83.8 Å². The van der Waals surface area contributed by atoms with Crippen LogP contribution in [0.5, 0.6) is 0 Å². The van der Waals surface area contributed by atoms with Crippen molar-refractivity contribution < 1.29 is 17.6 Å². The number of sulfonamides is 1. The lowest BCUT2D eigenvalue weighted by Gasteiger charge is -2.24. The molecule has 0 aromatic heterocycles. The normalized spacial score (nSPS) is 11.2. The summed E-state index contributed by atoms with van der Waals surface area (Å²) in [5, 5.41) is 3.09. The number of hydrogen-bond donors (Lipinski definition) is 1. The van der Waals surface area contributed by atoms with E-state index in [0.29, 0.717) is 34.3 Å². The molecule has 0 radical (unpaired) electrons. The lowest BCUT2D eigenvalue weighted by atomic mass is 10.2. The third-order valence-electron chi connectivity index (χ3n) is 4.50. The Labute approximate surface area is 196 Å².